The smallest absolute Gasteiger partial charge is 0.184 e. The lowest BCUT2D eigenvalue weighted by Crippen LogP contribution is -2.44. The van der Waals surface area contributed by atoms with Gasteiger partial charge in [0, 0.05) is 24.6 Å². The number of benzene rings is 1. The van der Waals surface area contributed by atoms with E-state index in [9.17, 15) is 9.59 Å². The van der Waals surface area contributed by atoms with Gasteiger partial charge in [0.05, 0.1) is 5.92 Å². The summed E-state index contributed by atoms with van der Waals surface area (Å²) in [7, 11) is 0. The third-order valence-electron chi connectivity index (χ3n) is 4.66. The molecule has 2 heterocycles. The highest BCUT2D eigenvalue weighted by Gasteiger charge is 2.45. The van der Waals surface area contributed by atoms with Crippen molar-refractivity contribution in [1.29, 1.82) is 0 Å². The first-order valence-electron chi connectivity index (χ1n) is 8.03. The summed E-state index contributed by atoms with van der Waals surface area (Å²) in [6.45, 7) is 3.56. The van der Waals surface area contributed by atoms with Gasteiger partial charge in [-0.15, -0.1) is 0 Å². The molecule has 5 nitrogen and oxygen atoms in total. The number of rotatable bonds is 2. The van der Waals surface area contributed by atoms with E-state index in [1.165, 1.54) is 0 Å². The average molecular weight is 319 g/mol. The summed E-state index contributed by atoms with van der Waals surface area (Å²) in [5, 5.41) is 0. The first-order valence-corrected chi connectivity index (χ1v) is 8.03. The Bertz CT molecular complexity index is 873. The molecule has 1 unspecified atom stereocenters. The van der Waals surface area contributed by atoms with Crippen molar-refractivity contribution in [1.82, 2.24) is 0 Å². The number of Topliss-reactive ketones (excluding diaryl/α,β-unsaturated/α-hetero) is 2. The summed E-state index contributed by atoms with van der Waals surface area (Å²) >= 11 is 0. The maximum absolute atomic E-state index is 12.6. The van der Waals surface area contributed by atoms with E-state index in [0.717, 1.165) is 11.1 Å². The molecule has 3 aliphatic rings. The SMILES string of the molecule is CC1(C)N=CC2=C3N=C(Cc4ccccc4)N=C3C(=O)CC2C1=O. The van der Waals surface area contributed by atoms with Gasteiger partial charge in [-0.05, 0) is 19.4 Å². The summed E-state index contributed by atoms with van der Waals surface area (Å²) in [6.07, 6.45) is 2.44. The van der Waals surface area contributed by atoms with E-state index in [1.807, 2.05) is 30.3 Å². The molecule has 0 saturated carbocycles. The van der Waals surface area contributed by atoms with Crippen molar-refractivity contribution in [2.75, 3.05) is 0 Å². The van der Waals surface area contributed by atoms with Crippen LogP contribution in [0.5, 0.6) is 0 Å². The molecule has 1 aromatic rings. The molecule has 0 fully saturated rings. The fourth-order valence-corrected chi connectivity index (χ4v) is 3.31. The molecule has 2 aliphatic heterocycles. The van der Waals surface area contributed by atoms with Crippen LogP contribution in [0.4, 0.5) is 0 Å². The minimum atomic E-state index is -0.779. The molecule has 0 N–H and O–H groups in total. The molecule has 0 amide bonds. The molecule has 1 aromatic carbocycles. The Hall–Kier alpha value is -2.69. The Morgan fingerprint density at radius 3 is 2.62 bits per heavy atom. The number of hydrogen-bond acceptors (Lipinski definition) is 5. The van der Waals surface area contributed by atoms with Crippen LogP contribution in [0.2, 0.25) is 0 Å². The van der Waals surface area contributed by atoms with Gasteiger partial charge >= 0.3 is 0 Å². The Balaban J connectivity index is 1.76. The molecule has 0 spiro atoms. The molecule has 24 heavy (non-hydrogen) atoms. The predicted molar refractivity (Wildman–Crippen MR) is 92.7 cm³/mol. The van der Waals surface area contributed by atoms with Gasteiger partial charge in [0.15, 0.2) is 11.6 Å². The molecule has 5 heteroatoms. The summed E-state index contributed by atoms with van der Waals surface area (Å²) in [6, 6.07) is 9.88. The molecule has 0 saturated heterocycles. The Morgan fingerprint density at radius 1 is 1.12 bits per heavy atom. The third kappa shape index (κ3) is 2.28. The van der Waals surface area contributed by atoms with Crippen molar-refractivity contribution in [3.8, 4) is 0 Å². The molecule has 0 bridgehead atoms. The van der Waals surface area contributed by atoms with Crippen LogP contribution in [0.15, 0.2) is 56.6 Å². The first kappa shape index (κ1) is 14.9. The van der Waals surface area contributed by atoms with E-state index >= 15 is 0 Å². The van der Waals surface area contributed by atoms with Gasteiger partial charge in [-0.1, -0.05) is 30.3 Å². The highest BCUT2D eigenvalue weighted by molar-refractivity contribution is 6.51. The zero-order chi connectivity index (χ0) is 16.9. The molecule has 1 aliphatic carbocycles. The van der Waals surface area contributed by atoms with Crippen molar-refractivity contribution >= 4 is 29.3 Å². The molecule has 1 atom stereocenters. The van der Waals surface area contributed by atoms with Gasteiger partial charge in [-0.2, -0.15) is 0 Å². The molecule has 4 rings (SSSR count). The van der Waals surface area contributed by atoms with Crippen LogP contribution in [0, 0.1) is 5.92 Å². The molecule has 0 radical (unpaired) electrons. The lowest BCUT2D eigenvalue weighted by atomic mass is 9.74. The van der Waals surface area contributed by atoms with Crippen molar-refractivity contribution in [2.45, 2.75) is 32.2 Å². The van der Waals surface area contributed by atoms with Crippen LogP contribution in [-0.4, -0.2) is 34.9 Å². The van der Waals surface area contributed by atoms with Crippen LogP contribution < -0.4 is 0 Å². The quantitative estimate of drug-likeness (QED) is 0.839. The van der Waals surface area contributed by atoms with Crippen molar-refractivity contribution in [2.24, 2.45) is 20.9 Å². The maximum Gasteiger partial charge on any atom is 0.184 e. The number of nitrogens with zero attached hydrogens (tertiary/aromatic N) is 3. The van der Waals surface area contributed by atoms with Gasteiger partial charge in [0.2, 0.25) is 0 Å². The predicted octanol–water partition coefficient (Wildman–Crippen LogP) is 2.36. The van der Waals surface area contributed by atoms with Crippen LogP contribution >= 0.6 is 0 Å². The summed E-state index contributed by atoms with van der Waals surface area (Å²) in [5.74, 6) is 0.0359. The Kier molecular flexibility index (Phi) is 3.20. The number of carbonyl (C=O) groups is 2. The fourth-order valence-electron chi connectivity index (χ4n) is 3.31. The standard InChI is InChI=1S/C19H17N3O2/c1-19(2)18(24)12-9-14(23)17-16(13(12)10-20-19)21-15(22-17)8-11-6-4-3-5-7-11/h3-7,10,12H,8-9H2,1-2H3. The number of ketones is 2. The second kappa shape index (κ2) is 5.16. The van der Waals surface area contributed by atoms with Gasteiger partial charge in [-0.25, -0.2) is 9.98 Å². The number of hydrogen-bond donors (Lipinski definition) is 0. The average Bonchev–Trinajstić information content (AvgIpc) is 2.97. The number of amidine groups is 1. The minimum absolute atomic E-state index is 0.0217. The Morgan fingerprint density at radius 2 is 1.88 bits per heavy atom. The number of carbonyl (C=O) groups excluding carboxylic acids is 2. The van der Waals surface area contributed by atoms with E-state index in [2.05, 4.69) is 15.0 Å². The normalized spacial score (nSPS) is 24.5. The van der Waals surface area contributed by atoms with Gasteiger partial charge in [0.1, 0.15) is 22.8 Å². The van der Waals surface area contributed by atoms with Gasteiger partial charge in [0.25, 0.3) is 0 Å². The van der Waals surface area contributed by atoms with E-state index in [1.54, 1.807) is 20.1 Å². The van der Waals surface area contributed by atoms with E-state index in [-0.39, 0.29) is 18.0 Å². The van der Waals surface area contributed by atoms with Crippen LogP contribution in [0.3, 0.4) is 0 Å². The van der Waals surface area contributed by atoms with Crippen molar-refractivity contribution in [3.05, 3.63) is 47.2 Å². The topological polar surface area (TPSA) is 71.2 Å². The summed E-state index contributed by atoms with van der Waals surface area (Å²) in [4.78, 5) is 38.4. The first-order chi connectivity index (χ1) is 11.5. The Labute approximate surface area is 139 Å². The van der Waals surface area contributed by atoms with Gasteiger partial charge < -0.3 is 0 Å². The van der Waals surface area contributed by atoms with Crippen LogP contribution in [-0.2, 0) is 16.0 Å². The molecular weight excluding hydrogens is 302 g/mol. The third-order valence-corrected chi connectivity index (χ3v) is 4.66. The largest absolute Gasteiger partial charge is 0.296 e. The fraction of sp³-hybridized carbons (Fsp3) is 0.316. The molecule has 0 aromatic heterocycles. The summed E-state index contributed by atoms with van der Waals surface area (Å²) < 4.78 is 0. The second-order valence-corrected chi connectivity index (χ2v) is 6.82. The summed E-state index contributed by atoms with van der Waals surface area (Å²) in [5.41, 5.74) is 1.96. The van der Waals surface area contributed by atoms with Crippen LogP contribution in [0.25, 0.3) is 0 Å². The van der Waals surface area contributed by atoms with E-state index in [4.69, 9.17) is 0 Å². The highest BCUT2D eigenvalue weighted by Crippen LogP contribution is 2.36. The lowest BCUT2D eigenvalue weighted by molar-refractivity contribution is -0.128. The van der Waals surface area contributed by atoms with E-state index in [0.29, 0.717) is 23.7 Å². The van der Waals surface area contributed by atoms with Crippen molar-refractivity contribution < 1.29 is 9.59 Å². The maximum atomic E-state index is 12.6. The van der Waals surface area contributed by atoms with E-state index < -0.39 is 11.5 Å². The molecule has 120 valence electrons. The van der Waals surface area contributed by atoms with Gasteiger partial charge in [-0.3, -0.25) is 14.6 Å². The highest BCUT2D eigenvalue weighted by atomic mass is 16.1. The number of allylic oxidation sites excluding steroid dienone is 2. The molecular formula is C19H17N3O2. The monoisotopic (exact) mass is 319 g/mol. The van der Waals surface area contributed by atoms with Crippen molar-refractivity contribution in [3.63, 3.8) is 0 Å². The lowest BCUT2D eigenvalue weighted by Gasteiger charge is -2.32. The number of fused-ring (bicyclic) bond motifs is 2. The zero-order valence-electron chi connectivity index (χ0n) is 13.6. The zero-order valence-corrected chi connectivity index (χ0v) is 13.6. The van der Waals surface area contributed by atoms with Crippen LogP contribution in [0.1, 0.15) is 25.8 Å². The number of aliphatic imine (C=N–C) groups is 3. The second-order valence-electron chi connectivity index (χ2n) is 6.82. The minimum Gasteiger partial charge on any atom is -0.296 e.